The largest absolute Gasteiger partial charge is 0.462 e. The molecule has 0 unspecified atom stereocenters. The molecule has 4 fully saturated rings. The van der Waals surface area contributed by atoms with Crippen molar-refractivity contribution in [3.8, 4) is 0 Å². The van der Waals surface area contributed by atoms with Crippen molar-refractivity contribution in [2.75, 3.05) is 0 Å². The summed E-state index contributed by atoms with van der Waals surface area (Å²) in [6.45, 7) is 19.5. The highest BCUT2D eigenvalue weighted by Crippen LogP contribution is 2.43. The third-order valence-electron chi connectivity index (χ3n) is 10.7. The number of hydroxylamine groups is 4. The zero-order chi connectivity index (χ0) is 33.0. The zero-order valence-corrected chi connectivity index (χ0v) is 30.3. The third kappa shape index (κ3) is 9.45. The number of hydrogen-bond donors (Lipinski definition) is 0. The molecule has 2 aliphatic carbocycles. The Morgan fingerprint density at radius 3 is 1.22 bits per heavy atom. The number of hydrogen-bond acceptors (Lipinski definition) is 8. The van der Waals surface area contributed by atoms with Gasteiger partial charge in [0.2, 0.25) is 0 Å². The lowest BCUT2D eigenvalue weighted by atomic mass is 9.80. The molecule has 0 N–H and O–H groups in total. The predicted molar refractivity (Wildman–Crippen MR) is 177 cm³/mol. The molecule has 8 nitrogen and oxygen atoms in total. The number of carbonyl (C=O) groups is 2. The maximum absolute atomic E-state index is 13.8. The first-order valence-corrected chi connectivity index (χ1v) is 18.4. The highest BCUT2D eigenvalue weighted by Gasteiger charge is 2.51. The number of esters is 2. The summed E-state index contributed by atoms with van der Waals surface area (Å²) in [5.74, 6) is -1.79. The number of piperidine rings is 2. The van der Waals surface area contributed by atoms with Crippen LogP contribution in [0.15, 0.2) is 0 Å². The van der Waals surface area contributed by atoms with Gasteiger partial charge in [-0.15, -0.1) is 0 Å². The fraction of sp³-hybridized carbons (Fsp3) is 0.946. The molecule has 0 radical (unpaired) electrons. The molecule has 0 aromatic carbocycles. The average molecular weight is 635 g/mol. The summed E-state index contributed by atoms with van der Waals surface area (Å²) < 4.78 is 12.4. The third-order valence-corrected chi connectivity index (χ3v) is 10.7. The van der Waals surface area contributed by atoms with Gasteiger partial charge in [-0.25, -0.2) is 0 Å². The Balaban J connectivity index is 1.39. The van der Waals surface area contributed by atoms with E-state index in [2.05, 4.69) is 72.4 Å². The number of rotatable bonds is 11. The molecule has 0 aromatic rings. The Bertz CT molecular complexity index is 871. The molecule has 2 heterocycles. The van der Waals surface area contributed by atoms with E-state index in [-0.39, 0.29) is 46.6 Å². The van der Waals surface area contributed by atoms with Gasteiger partial charge >= 0.3 is 11.9 Å². The number of ether oxygens (including phenoxy) is 2. The second-order valence-electron chi connectivity index (χ2n) is 17.2. The van der Waals surface area contributed by atoms with Gasteiger partial charge in [0.05, 0.1) is 12.2 Å². The Hall–Kier alpha value is -1.22. The van der Waals surface area contributed by atoms with Gasteiger partial charge in [-0.1, -0.05) is 58.3 Å². The molecule has 0 spiro atoms. The summed E-state index contributed by atoms with van der Waals surface area (Å²) in [7, 11) is 0. The van der Waals surface area contributed by atoms with E-state index in [0.29, 0.717) is 32.1 Å². The molecule has 260 valence electrons. The van der Waals surface area contributed by atoms with Crippen molar-refractivity contribution < 1.29 is 28.7 Å². The van der Waals surface area contributed by atoms with E-state index >= 15 is 0 Å². The normalized spacial score (nSPS) is 27.0. The van der Waals surface area contributed by atoms with Crippen LogP contribution in [0.3, 0.4) is 0 Å². The molecule has 2 saturated heterocycles. The molecule has 4 rings (SSSR count). The summed E-state index contributed by atoms with van der Waals surface area (Å²) in [6, 6.07) is 0. The number of carbonyl (C=O) groups excluding carboxylic acids is 2. The summed E-state index contributed by atoms with van der Waals surface area (Å²) in [6.07, 6.45) is 16.5. The SMILES string of the molecule is CCCCC(C(=O)OC1CC(C)(C)N(OC2CCCCC2)C(C)(C)C1)C(=O)OC1CC(C)(C)N(OC2CCCCC2)C(C)(C)C1. The molecule has 4 aliphatic rings. The van der Waals surface area contributed by atoms with E-state index in [1.165, 1.54) is 38.5 Å². The van der Waals surface area contributed by atoms with Crippen molar-refractivity contribution in [3.05, 3.63) is 0 Å². The quantitative estimate of drug-likeness (QED) is 0.166. The van der Waals surface area contributed by atoms with Crippen LogP contribution < -0.4 is 0 Å². The lowest BCUT2D eigenvalue weighted by Crippen LogP contribution is -2.63. The smallest absolute Gasteiger partial charge is 0.320 e. The van der Waals surface area contributed by atoms with Gasteiger partial charge < -0.3 is 9.47 Å². The van der Waals surface area contributed by atoms with Crippen LogP contribution >= 0.6 is 0 Å². The molecule has 0 aromatic heterocycles. The molecule has 2 aliphatic heterocycles. The van der Waals surface area contributed by atoms with Gasteiger partial charge in [-0.05, 0) is 87.5 Å². The average Bonchev–Trinajstić information content (AvgIpc) is 2.93. The fourth-order valence-electron chi connectivity index (χ4n) is 8.95. The minimum Gasteiger partial charge on any atom is -0.462 e. The van der Waals surface area contributed by atoms with Crippen molar-refractivity contribution in [1.82, 2.24) is 10.1 Å². The lowest BCUT2D eigenvalue weighted by molar-refractivity contribution is -0.318. The van der Waals surface area contributed by atoms with Gasteiger partial charge in [-0.3, -0.25) is 19.3 Å². The van der Waals surface area contributed by atoms with Crippen LogP contribution in [0.1, 0.15) is 171 Å². The van der Waals surface area contributed by atoms with Crippen LogP contribution in [0.4, 0.5) is 0 Å². The van der Waals surface area contributed by atoms with Crippen molar-refractivity contribution in [1.29, 1.82) is 0 Å². The second kappa shape index (κ2) is 14.9. The fourth-order valence-corrected chi connectivity index (χ4v) is 8.95. The topological polar surface area (TPSA) is 77.5 Å². The number of nitrogens with zero attached hydrogens (tertiary/aromatic N) is 2. The van der Waals surface area contributed by atoms with Crippen molar-refractivity contribution in [2.45, 2.75) is 218 Å². The van der Waals surface area contributed by atoms with E-state index in [9.17, 15) is 9.59 Å². The molecule has 0 atom stereocenters. The Morgan fingerprint density at radius 1 is 0.578 bits per heavy atom. The van der Waals surface area contributed by atoms with Crippen molar-refractivity contribution >= 4 is 11.9 Å². The Kier molecular flexibility index (Phi) is 12.1. The van der Waals surface area contributed by atoms with E-state index in [1.54, 1.807) is 0 Å². The number of unbranched alkanes of at least 4 members (excludes halogenated alkanes) is 1. The molecule has 0 bridgehead atoms. The summed E-state index contributed by atoms with van der Waals surface area (Å²) >= 11 is 0. The van der Waals surface area contributed by atoms with Crippen LogP contribution in [0, 0.1) is 5.92 Å². The molecule has 8 heteroatoms. The summed E-state index contributed by atoms with van der Waals surface area (Å²) in [5, 5.41) is 4.36. The van der Waals surface area contributed by atoms with Gasteiger partial charge in [0.25, 0.3) is 0 Å². The maximum atomic E-state index is 13.8. The minimum absolute atomic E-state index is 0.255. The lowest BCUT2D eigenvalue weighted by Gasteiger charge is -2.54. The van der Waals surface area contributed by atoms with E-state index in [4.69, 9.17) is 19.1 Å². The van der Waals surface area contributed by atoms with Crippen molar-refractivity contribution in [3.63, 3.8) is 0 Å². The van der Waals surface area contributed by atoms with E-state index < -0.39 is 17.9 Å². The van der Waals surface area contributed by atoms with Crippen LogP contribution in [0.2, 0.25) is 0 Å². The first-order chi connectivity index (χ1) is 21.0. The molecule has 0 amide bonds. The van der Waals surface area contributed by atoms with Gasteiger partial charge in [0, 0.05) is 47.8 Å². The summed E-state index contributed by atoms with van der Waals surface area (Å²) in [5.41, 5.74) is -1.24. The molecular formula is C37H66N2O6. The standard InChI is InChI=1S/C37H66N2O6/c1-10-11-22-31(32(40)42-29-23-34(2,3)38(35(4,5)24-29)44-27-18-14-12-15-19-27)33(41)43-30-25-36(6,7)39(37(8,9)26-30)45-28-20-16-13-17-21-28/h27-31H,10-26H2,1-9H3. The summed E-state index contributed by atoms with van der Waals surface area (Å²) in [4.78, 5) is 40.8. The minimum atomic E-state index is -0.907. The predicted octanol–water partition coefficient (Wildman–Crippen LogP) is 8.45. The van der Waals surface area contributed by atoms with Crippen LogP contribution in [-0.2, 0) is 28.7 Å². The Morgan fingerprint density at radius 2 is 0.911 bits per heavy atom. The first kappa shape index (κ1) is 36.6. The molecule has 2 saturated carbocycles. The highest BCUT2D eigenvalue weighted by molar-refractivity contribution is 5.95. The van der Waals surface area contributed by atoms with Crippen LogP contribution in [0.5, 0.6) is 0 Å². The van der Waals surface area contributed by atoms with Gasteiger partial charge in [-0.2, -0.15) is 10.1 Å². The second-order valence-corrected chi connectivity index (χ2v) is 17.2. The van der Waals surface area contributed by atoms with Gasteiger partial charge in [0.1, 0.15) is 12.2 Å². The Labute approximate surface area is 274 Å². The molecule has 45 heavy (non-hydrogen) atoms. The first-order valence-electron chi connectivity index (χ1n) is 18.4. The van der Waals surface area contributed by atoms with E-state index in [1.807, 2.05) is 0 Å². The highest BCUT2D eigenvalue weighted by atomic mass is 16.7. The van der Waals surface area contributed by atoms with E-state index in [0.717, 1.165) is 38.5 Å². The maximum Gasteiger partial charge on any atom is 0.320 e. The van der Waals surface area contributed by atoms with Crippen molar-refractivity contribution in [2.24, 2.45) is 5.92 Å². The van der Waals surface area contributed by atoms with Crippen LogP contribution in [-0.4, -0.2) is 68.6 Å². The van der Waals surface area contributed by atoms with Gasteiger partial charge in [0.15, 0.2) is 5.92 Å². The van der Waals surface area contributed by atoms with Crippen LogP contribution in [0.25, 0.3) is 0 Å². The molecular weight excluding hydrogens is 568 g/mol. The zero-order valence-electron chi connectivity index (χ0n) is 30.3. The monoisotopic (exact) mass is 634 g/mol.